The molecule has 1 amide bonds. The zero-order valence-electron chi connectivity index (χ0n) is 16.0. The van der Waals surface area contributed by atoms with Crippen LogP contribution in [0.2, 0.25) is 0 Å². The Morgan fingerprint density at radius 2 is 2.04 bits per heavy atom. The van der Waals surface area contributed by atoms with E-state index in [0.717, 1.165) is 64.4 Å². The molecule has 7 nitrogen and oxygen atoms in total. The van der Waals surface area contributed by atoms with Crippen LogP contribution in [0, 0.1) is 0 Å². The minimum atomic E-state index is 0.306. The number of nitrogens with one attached hydrogen (secondary N) is 2. The number of guanidine groups is 1. The molecule has 25 heavy (non-hydrogen) atoms. The smallest absolute Gasteiger partial charge is 0.222 e. The summed E-state index contributed by atoms with van der Waals surface area (Å²) < 4.78 is 10.4. The van der Waals surface area contributed by atoms with Crippen LogP contribution in [-0.4, -0.2) is 76.4 Å². The summed E-state index contributed by atoms with van der Waals surface area (Å²) in [6.07, 6.45) is 5.88. The Bertz CT molecular complexity index is 377. The molecule has 2 N–H and O–H groups in total. The van der Waals surface area contributed by atoms with Crippen LogP contribution >= 0.6 is 0 Å². The van der Waals surface area contributed by atoms with Crippen molar-refractivity contribution in [2.45, 2.75) is 45.4 Å². The number of carbonyl (C=O) groups is 1. The number of methoxy groups -OCH3 is 1. The van der Waals surface area contributed by atoms with Crippen LogP contribution in [0.25, 0.3) is 0 Å². The molecule has 0 aliphatic carbocycles. The second-order valence-corrected chi connectivity index (χ2v) is 6.19. The Labute approximate surface area is 152 Å². The van der Waals surface area contributed by atoms with E-state index in [2.05, 4.69) is 22.5 Å². The minimum absolute atomic E-state index is 0.306. The molecule has 146 valence electrons. The lowest BCUT2D eigenvalue weighted by Gasteiger charge is -2.20. The van der Waals surface area contributed by atoms with Crippen molar-refractivity contribution >= 4 is 11.9 Å². The van der Waals surface area contributed by atoms with Crippen molar-refractivity contribution in [2.75, 3.05) is 59.7 Å². The van der Waals surface area contributed by atoms with Gasteiger partial charge in [0.1, 0.15) is 0 Å². The zero-order valence-corrected chi connectivity index (χ0v) is 16.0. The first-order valence-electron chi connectivity index (χ1n) is 9.64. The third-order valence-corrected chi connectivity index (χ3v) is 4.06. The average Bonchev–Trinajstić information content (AvgIpc) is 2.82. The quantitative estimate of drug-likeness (QED) is 0.314. The third kappa shape index (κ3) is 11.0. The Hall–Kier alpha value is -1.34. The Balaban J connectivity index is 2.17. The van der Waals surface area contributed by atoms with Gasteiger partial charge in [0.05, 0.1) is 13.2 Å². The SMILES string of the molecule is CCNC(=NCCCN1CCCCCC1=O)NCCCOCCOC. The summed E-state index contributed by atoms with van der Waals surface area (Å²) in [7, 11) is 1.67. The fourth-order valence-electron chi connectivity index (χ4n) is 2.69. The van der Waals surface area contributed by atoms with E-state index in [1.54, 1.807) is 7.11 Å². The predicted octanol–water partition coefficient (Wildman–Crippen LogP) is 1.39. The van der Waals surface area contributed by atoms with E-state index in [9.17, 15) is 4.79 Å². The van der Waals surface area contributed by atoms with E-state index < -0.39 is 0 Å². The van der Waals surface area contributed by atoms with Gasteiger partial charge in [-0.3, -0.25) is 9.79 Å². The van der Waals surface area contributed by atoms with Gasteiger partial charge in [-0.2, -0.15) is 0 Å². The Kier molecular flexibility index (Phi) is 13.0. The summed E-state index contributed by atoms with van der Waals surface area (Å²) in [5.74, 6) is 1.14. The van der Waals surface area contributed by atoms with Crippen molar-refractivity contribution in [2.24, 2.45) is 4.99 Å². The average molecular weight is 357 g/mol. The number of ether oxygens (including phenoxy) is 2. The molecule has 0 unspecified atom stereocenters. The van der Waals surface area contributed by atoms with Gasteiger partial charge >= 0.3 is 0 Å². The third-order valence-electron chi connectivity index (χ3n) is 4.06. The highest BCUT2D eigenvalue weighted by Gasteiger charge is 2.15. The molecule has 0 aromatic carbocycles. The van der Waals surface area contributed by atoms with Crippen molar-refractivity contribution in [1.82, 2.24) is 15.5 Å². The number of likely N-dealkylation sites (tertiary alicyclic amines) is 1. The van der Waals surface area contributed by atoms with Crippen molar-refractivity contribution in [1.29, 1.82) is 0 Å². The van der Waals surface area contributed by atoms with Gasteiger partial charge in [-0.05, 0) is 32.6 Å². The topological polar surface area (TPSA) is 75.2 Å². The second kappa shape index (κ2) is 15.0. The fraction of sp³-hybridized carbons (Fsp3) is 0.889. The van der Waals surface area contributed by atoms with Crippen molar-refractivity contribution < 1.29 is 14.3 Å². The van der Waals surface area contributed by atoms with Crippen LogP contribution in [0.1, 0.15) is 45.4 Å². The van der Waals surface area contributed by atoms with E-state index in [4.69, 9.17) is 9.47 Å². The number of nitrogens with zero attached hydrogens (tertiary/aromatic N) is 2. The molecule has 1 aliphatic heterocycles. The van der Waals surface area contributed by atoms with Gasteiger partial charge in [0.25, 0.3) is 0 Å². The summed E-state index contributed by atoms with van der Waals surface area (Å²) in [5, 5.41) is 6.56. The summed E-state index contributed by atoms with van der Waals surface area (Å²) in [6, 6.07) is 0. The molecule has 0 saturated carbocycles. The number of rotatable bonds is 12. The first kappa shape index (κ1) is 21.7. The Morgan fingerprint density at radius 3 is 2.84 bits per heavy atom. The van der Waals surface area contributed by atoms with Crippen LogP contribution < -0.4 is 10.6 Å². The van der Waals surface area contributed by atoms with Gasteiger partial charge in [-0.1, -0.05) is 6.42 Å². The number of hydrogen-bond acceptors (Lipinski definition) is 4. The summed E-state index contributed by atoms with van der Waals surface area (Å²) in [4.78, 5) is 18.5. The summed E-state index contributed by atoms with van der Waals surface area (Å²) in [6.45, 7) is 8.15. The standard InChI is InChI=1S/C18H36N4O3/c1-3-19-18(21-11-8-14-25-16-15-24-2)20-10-7-13-22-12-6-4-5-9-17(22)23/h3-16H2,1-2H3,(H2,19,20,21). The van der Waals surface area contributed by atoms with Crippen LogP contribution in [0.4, 0.5) is 0 Å². The molecule has 0 bridgehead atoms. The maximum absolute atomic E-state index is 12.0. The molecule has 0 radical (unpaired) electrons. The van der Waals surface area contributed by atoms with E-state index >= 15 is 0 Å². The predicted molar refractivity (Wildman–Crippen MR) is 101 cm³/mol. The number of amides is 1. The van der Waals surface area contributed by atoms with Gasteiger partial charge in [-0.25, -0.2) is 0 Å². The molecule has 0 atom stereocenters. The normalized spacial score (nSPS) is 16.0. The molecular weight excluding hydrogens is 320 g/mol. The molecule has 0 aromatic rings. The van der Waals surface area contributed by atoms with Crippen molar-refractivity contribution in [3.05, 3.63) is 0 Å². The molecule has 1 heterocycles. The van der Waals surface area contributed by atoms with E-state index in [-0.39, 0.29) is 0 Å². The largest absolute Gasteiger partial charge is 0.382 e. The maximum atomic E-state index is 12.0. The van der Waals surface area contributed by atoms with Gasteiger partial charge in [-0.15, -0.1) is 0 Å². The molecule has 0 spiro atoms. The molecule has 1 aliphatic rings. The second-order valence-electron chi connectivity index (χ2n) is 6.19. The van der Waals surface area contributed by atoms with Gasteiger partial charge in [0.15, 0.2) is 5.96 Å². The molecule has 1 rings (SSSR count). The van der Waals surface area contributed by atoms with Gasteiger partial charge in [0, 0.05) is 52.9 Å². The highest BCUT2D eigenvalue weighted by atomic mass is 16.5. The van der Waals surface area contributed by atoms with Crippen molar-refractivity contribution in [3.8, 4) is 0 Å². The van der Waals surface area contributed by atoms with Crippen LogP contribution in [0.15, 0.2) is 4.99 Å². The minimum Gasteiger partial charge on any atom is -0.382 e. The van der Waals surface area contributed by atoms with E-state index in [0.29, 0.717) is 32.1 Å². The Morgan fingerprint density at radius 1 is 1.16 bits per heavy atom. The number of carbonyl (C=O) groups excluding carboxylic acids is 1. The number of hydrogen-bond donors (Lipinski definition) is 2. The molecule has 0 aromatic heterocycles. The molecule has 7 heteroatoms. The first-order valence-corrected chi connectivity index (χ1v) is 9.64. The highest BCUT2D eigenvalue weighted by molar-refractivity contribution is 5.79. The maximum Gasteiger partial charge on any atom is 0.222 e. The van der Waals surface area contributed by atoms with Crippen LogP contribution in [0.3, 0.4) is 0 Å². The lowest BCUT2D eigenvalue weighted by atomic mass is 10.2. The highest BCUT2D eigenvalue weighted by Crippen LogP contribution is 2.11. The molecular formula is C18H36N4O3. The summed E-state index contributed by atoms with van der Waals surface area (Å²) >= 11 is 0. The summed E-state index contributed by atoms with van der Waals surface area (Å²) in [5.41, 5.74) is 0. The molecule has 1 fully saturated rings. The van der Waals surface area contributed by atoms with Gasteiger partial charge in [0.2, 0.25) is 5.91 Å². The van der Waals surface area contributed by atoms with E-state index in [1.807, 2.05) is 4.90 Å². The fourth-order valence-corrected chi connectivity index (χ4v) is 2.69. The van der Waals surface area contributed by atoms with Crippen molar-refractivity contribution in [3.63, 3.8) is 0 Å². The van der Waals surface area contributed by atoms with E-state index in [1.165, 1.54) is 6.42 Å². The lowest BCUT2D eigenvalue weighted by molar-refractivity contribution is -0.130. The molecule has 1 saturated heterocycles. The zero-order chi connectivity index (χ0) is 18.2. The van der Waals surface area contributed by atoms with Gasteiger partial charge < -0.3 is 25.0 Å². The van der Waals surface area contributed by atoms with Crippen LogP contribution in [-0.2, 0) is 14.3 Å². The van der Waals surface area contributed by atoms with Crippen LogP contribution in [0.5, 0.6) is 0 Å². The first-order chi connectivity index (χ1) is 12.3. The monoisotopic (exact) mass is 356 g/mol. The number of aliphatic imine (C=N–C) groups is 1. The lowest BCUT2D eigenvalue weighted by Crippen LogP contribution is -2.38.